The topological polar surface area (TPSA) is 225 Å². The highest BCUT2D eigenvalue weighted by Crippen LogP contribution is 2.38. The number of amides is 3. The average Bonchev–Trinajstić information content (AvgIpc) is 1.45. The van der Waals surface area contributed by atoms with E-state index in [4.69, 9.17) is 0 Å². The molecule has 3 amide bonds. The molecule has 3 unspecified atom stereocenters. The van der Waals surface area contributed by atoms with Crippen molar-refractivity contribution in [2.45, 2.75) is 76.2 Å². The van der Waals surface area contributed by atoms with Gasteiger partial charge in [0.2, 0.25) is 23.7 Å². The van der Waals surface area contributed by atoms with Crippen molar-refractivity contribution in [3.05, 3.63) is 137 Å². The minimum Gasteiger partial charge on any atom is -0.337 e. The molecule has 3 aromatic carbocycles. The van der Waals surface area contributed by atoms with Crippen molar-refractivity contribution < 1.29 is 71.2 Å². The van der Waals surface area contributed by atoms with Crippen LogP contribution >= 0.6 is 0 Å². The normalized spacial score (nSPS) is 27.0. The summed E-state index contributed by atoms with van der Waals surface area (Å²) in [6.07, 6.45) is -1.16. The minimum absolute atomic E-state index is 0.00228. The van der Waals surface area contributed by atoms with E-state index in [0.29, 0.717) is 110 Å². The molecule has 9 heterocycles. The maximum absolute atomic E-state index is 14.7. The Morgan fingerprint density at radius 3 is 1.14 bits per heavy atom. The number of anilines is 3. The predicted molar refractivity (Wildman–Crippen MR) is 338 cm³/mol. The maximum Gasteiger partial charge on any atom is 0.471 e. The van der Waals surface area contributed by atoms with Crippen LogP contribution in [0.15, 0.2) is 94.2 Å². The summed E-state index contributed by atoms with van der Waals surface area (Å²) in [7, 11) is -6.35. The molecule has 93 heavy (non-hydrogen) atoms. The van der Waals surface area contributed by atoms with Gasteiger partial charge in [0.15, 0.2) is 0 Å². The Balaban J connectivity index is 0.000000153. The number of nitrogens with zero attached hydrogens (tertiary/aromatic N) is 12. The second kappa shape index (κ2) is 28.5. The number of rotatable bonds is 10. The molecule has 6 fully saturated rings. The smallest absolute Gasteiger partial charge is 0.337 e. The number of halogens is 8. The number of aromatic nitrogens is 6. The summed E-state index contributed by atoms with van der Waals surface area (Å²) < 4.78 is 154. The first-order chi connectivity index (χ1) is 44.1. The molecule has 12 rings (SSSR count). The molecule has 3 atom stereocenters. The Labute approximate surface area is 534 Å². The third kappa shape index (κ3) is 16.5. The molecular formula is C62H72F8N12O8S3. The molecular weight excluding hydrogens is 1290 g/mol. The van der Waals surface area contributed by atoms with Gasteiger partial charge in [-0.05, 0) is 126 Å². The molecule has 0 spiro atoms. The van der Waals surface area contributed by atoms with Crippen LogP contribution in [-0.4, -0.2) is 186 Å². The number of carbonyl (C=O) groups excluding carboxylic acids is 3. The van der Waals surface area contributed by atoms with Crippen LogP contribution in [0.3, 0.4) is 0 Å². The molecule has 502 valence electrons. The van der Waals surface area contributed by atoms with Crippen LogP contribution in [0.4, 0.5) is 53.0 Å². The van der Waals surface area contributed by atoms with Gasteiger partial charge in [-0.3, -0.25) is 27.0 Å². The van der Waals surface area contributed by atoms with Gasteiger partial charge in [0.1, 0.15) is 17.5 Å². The van der Waals surface area contributed by atoms with Crippen LogP contribution in [-0.2, 0) is 49.1 Å². The van der Waals surface area contributed by atoms with Crippen molar-refractivity contribution in [3.63, 3.8) is 0 Å². The molecule has 0 saturated carbocycles. The first kappa shape index (κ1) is 68.2. The summed E-state index contributed by atoms with van der Waals surface area (Å²) in [5, 5.41) is 7.03. The Morgan fingerprint density at radius 1 is 0.505 bits per heavy atom. The lowest BCUT2D eigenvalue weighted by molar-refractivity contribution is -0.159. The molecule has 6 aliphatic heterocycles. The Kier molecular flexibility index (Phi) is 20.9. The van der Waals surface area contributed by atoms with Gasteiger partial charge in [0, 0.05) is 140 Å². The number of benzene rings is 3. The lowest BCUT2D eigenvalue weighted by Gasteiger charge is -2.43. The van der Waals surface area contributed by atoms with Crippen molar-refractivity contribution in [2.24, 2.45) is 17.8 Å². The predicted octanol–water partition coefficient (Wildman–Crippen LogP) is 7.85. The van der Waals surface area contributed by atoms with E-state index >= 15 is 0 Å². The van der Waals surface area contributed by atoms with Gasteiger partial charge < -0.3 is 38.4 Å². The molecule has 3 aromatic heterocycles. The van der Waals surface area contributed by atoms with Crippen LogP contribution in [0, 0.1) is 42.1 Å². The van der Waals surface area contributed by atoms with Gasteiger partial charge >= 0.3 is 18.5 Å². The van der Waals surface area contributed by atoms with E-state index in [0.717, 1.165) is 5.56 Å². The van der Waals surface area contributed by atoms with Gasteiger partial charge in [-0.2, -0.15) is 31.9 Å². The zero-order chi connectivity index (χ0) is 66.6. The number of piperazine rings is 3. The van der Waals surface area contributed by atoms with Crippen molar-refractivity contribution >= 4 is 81.7 Å². The lowest BCUT2D eigenvalue weighted by Crippen LogP contribution is -2.53. The summed E-state index contributed by atoms with van der Waals surface area (Å²) in [5.41, 5.74) is 2.05. The number of alkyl halides is 5. The third-order valence-corrected chi connectivity index (χ3v) is 23.6. The van der Waals surface area contributed by atoms with Crippen molar-refractivity contribution in [1.29, 1.82) is 0 Å². The van der Waals surface area contributed by atoms with Crippen molar-refractivity contribution in [3.8, 4) is 0 Å². The van der Waals surface area contributed by atoms with Gasteiger partial charge in [0.25, 0.3) is 17.8 Å². The Morgan fingerprint density at radius 2 is 0.828 bits per heavy atom. The highest BCUT2D eigenvalue weighted by Gasteiger charge is 2.44. The van der Waals surface area contributed by atoms with Crippen LogP contribution < -0.4 is 14.7 Å². The van der Waals surface area contributed by atoms with E-state index < -0.39 is 82.7 Å². The number of hydrogen-bond donors (Lipinski definition) is 0. The Bertz CT molecular complexity index is 3950. The van der Waals surface area contributed by atoms with Crippen LogP contribution in [0.2, 0.25) is 0 Å². The van der Waals surface area contributed by atoms with E-state index in [1.54, 1.807) is 80.5 Å². The SMILES string of the molecule is C=S1(=O)CCC(C(=O)N2CCN(c3ncc(C)cn3)CC2c2ccccc2F)CC1.C=S1(=O)CCC(C(=O)N2CCN(c3noc(C(F)(F)F)n3)CC2c2ccccc2F)CC1.C=S1(=O)CCC(C(=O)N2CCN(c3noc(C(F)F)n3)CC2c2ccccc2F)CC1. The molecule has 31 heteroatoms. The molecule has 6 saturated heterocycles. The zero-order valence-corrected chi connectivity index (χ0v) is 53.4. The van der Waals surface area contributed by atoms with Crippen molar-refractivity contribution in [2.75, 3.05) is 108 Å². The first-order valence-corrected chi connectivity index (χ1v) is 36.5. The van der Waals surface area contributed by atoms with E-state index in [-0.39, 0.29) is 98.0 Å². The minimum atomic E-state index is -4.78. The van der Waals surface area contributed by atoms with E-state index in [1.807, 2.05) is 11.8 Å². The van der Waals surface area contributed by atoms with Crippen molar-refractivity contribution in [1.82, 2.24) is 44.9 Å². The van der Waals surface area contributed by atoms with Crippen LogP contribution in [0.25, 0.3) is 0 Å². The molecule has 20 nitrogen and oxygen atoms in total. The fourth-order valence-electron chi connectivity index (χ4n) is 12.5. The summed E-state index contributed by atoms with van der Waals surface area (Å²) in [5.74, 6) is 9.34. The third-order valence-electron chi connectivity index (χ3n) is 17.8. The largest absolute Gasteiger partial charge is 0.471 e. The average molecular weight is 1360 g/mol. The number of hydrogen-bond acceptors (Lipinski definition) is 17. The summed E-state index contributed by atoms with van der Waals surface area (Å²) >= 11 is 0. The van der Waals surface area contributed by atoms with E-state index in [2.05, 4.69) is 56.9 Å². The Hall–Kier alpha value is -7.67. The quantitative estimate of drug-likeness (QED) is 0.0940. The summed E-state index contributed by atoms with van der Waals surface area (Å²) in [6, 6.07) is 16.9. The van der Waals surface area contributed by atoms with Crippen LogP contribution in [0.5, 0.6) is 0 Å². The zero-order valence-electron chi connectivity index (χ0n) is 51.0. The maximum atomic E-state index is 14.7. The highest BCUT2D eigenvalue weighted by atomic mass is 32.2. The van der Waals surface area contributed by atoms with Gasteiger partial charge in [0.05, 0.1) is 18.1 Å². The number of aryl methyl sites for hydroxylation is 1. The van der Waals surface area contributed by atoms with Gasteiger partial charge in [-0.15, -0.1) is 0 Å². The molecule has 6 aliphatic rings. The van der Waals surface area contributed by atoms with Gasteiger partial charge in [-0.25, -0.2) is 23.1 Å². The summed E-state index contributed by atoms with van der Waals surface area (Å²) in [6.45, 7) is 4.37. The van der Waals surface area contributed by atoms with Gasteiger partial charge in [-0.1, -0.05) is 54.6 Å². The second-order valence-electron chi connectivity index (χ2n) is 24.2. The molecule has 0 radical (unpaired) electrons. The monoisotopic (exact) mass is 1360 g/mol. The van der Waals surface area contributed by atoms with Crippen LogP contribution in [0.1, 0.15) is 97.1 Å². The summed E-state index contributed by atoms with van der Waals surface area (Å²) in [4.78, 5) is 66.0. The fourth-order valence-corrected chi connectivity index (χ4v) is 17.4. The van der Waals surface area contributed by atoms with E-state index in [9.17, 15) is 62.1 Å². The highest BCUT2D eigenvalue weighted by molar-refractivity contribution is 8.00. The molecule has 0 aliphatic carbocycles. The first-order valence-electron chi connectivity index (χ1n) is 30.3. The number of carbonyl (C=O) groups is 3. The molecule has 0 bridgehead atoms. The standard InChI is InChI=1S/C22H27FN4O2S.C20H22F4N4O3S.C20H23F3N4O3S/c1-16-13-24-22(25-14-16)26-9-10-27(20(15-26)18-5-3-4-6-19(18)23)21(28)17-7-11-30(2,29)12-8-17;1-32(30)10-6-13(7-11-32)17(29)28-9-8-27(19-25-18(31-26-19)20(22,23)24)12-16(28)14-4-2-3-5-15(14)21;1-31(29)10-6-13(7-11-31)19(28)27-9-8-26(20-24-18(17(22)23)30-25-20)12-16(27)14-4-2-3-5-15(14)21/h3-6,13-14,17,20H,2,7-12,15H2,1H3;2-5,13,16H,1,6-12H2;2-5,13,16-17H,1,6-12H2. The second-order valence-corrected chi connectivity index (χ2v) is 32.4. The lowest BCUT2D eigenvalue weighted by atomic mass is 9.96. The molecule has 0 N–H and O–H groups in total. The molecule has 6 aromatic rings. The van der Waals surface area contributed by atoms with E-state index in [1.165, 1.54) is 29.2 Å². The fraction of sp³-hybridized carbons (Fsp3) is 0.484.